The Labute approximate surface area is 122 Å². The van der Waals surface area contributed by atoms with Gasteiger partial charge in [-0.25, -0.2) is 0 Å². The fourth-order valence-corrected chi connectivity index (χ4v) is 3.43. The smallest absolute Gasteiger partial charge is 0.186 e. The summed E-state index contributed by atoms with van der Waals surface area (Å²) < 4.78 is 10.6. The number of nitrogens with one attached hydrogen (secondary N) is 1. The van der Waals surface area contributed by atoms with E-state index in [9.17, 15) is 0 Å². The van der Waals surface area contributed by atoms with Gasteiger partial charge >= 0.3 is 0 Å². The summed E-state index contributed by atoms with van der Waals surface area (Å²) in [6.07, 6.45) is 0. The van der Waals surface area contributed by atoms with Crippen molar-refractivity contribution in [1.29, 1.82) is 0 Å². The van der Waals surface area contributed by atoms with E-state index in [0.29, 0.717) is 5.92 Å². The van der Waals surface area contributed by atoms with Crippen LogP contribution in [0.3, 0.4) is 0 Å². The second-order valence-corrected chi connectivity index (χ2v) is 15.6. The van der Waals surface area contributed by atoms with E-state index in [0.717, 1.165) is 19.6 Å². The first kappa shape index (κ1) is 21.6. The molecule has 4 nitrogen and oxygen atoms in total. The van der Waals surface area contributed by atoms with Gasteiger partial charge in [0.2, 0.25) is 0 Å². The largest absolute Gasteiger partial charge is 0.421 e. The van der Waals surface area contributed by atoms with E-state index < -0.39 is 16.6 Å². The van der Waals surface area contributed by atoms with Crippen molar-refractivity contribution in [2.75, 3.05) is 33.9 Å². The monoisotopic (exact) mass is 308 g/mol. The molecular weight excluding hydrogens is 272 g/mol. The molecule has 1 unspecified atom stereocenters. The van der Waals surface area contributed by atoms with Gasteiger partial charge in [0, 0.05) is 27.3 Å². The lowest BCUT2D eigenvalue weighted by molar-refractivity contribution is 0.391. The van der Waals surface area contributed by atoms with E-state index in [1.54, 1.807) is 7.11 Å². The Bertz CT molecular complexity index is 209. The summed E-state index contributed by atoms with van der Waals surface area (Å²) in [4.78, 5) is 0. The molecule has 0 amide bonds. The maximum absolute atomic E-state index is 5.50. The molecule has 0 aromatic rings. The molecule has 0 aliphatic rings. The maximum Gasteiger partial charge on any atom is 0.186 e. The zero-order valence-corrected chi connectivity index (χ0v) is 16.3. The Balaban J connectivity index is 0. The fourth-order valence-electron chi connectivity index (χ4n) is 1.45. The topological polar surface area (TPSA) is 56.5 Å². The highest BCUT2D eigenvalue weighted by molar-refractivity contribution is 6.71. The van der Waals surface area contributed by atoms with Crippen LogP contribution in [-0.2, 0) is 8.85 Å². The van der Waals surface area contributed by atoms with Crippen LogP contribution in [0.15, 0.2) is 0 Å². The van der Waals surface area contributed by atoms with Crippen LogP contribution in [0.2, 0.25) is 38.8 Å². The van der Waals surface area contributed by atoms with Crippen molar-refractivity contribution in [3.8, 4) is 0 Å². The van der Waals surface area contributed by atoms with E-state index in [4.69, 9.17) is 14.6 Å². The van der Waals surface area contributed by atoms with Gasteiger partial charge in [-0.2, -0.15) is 0 Å². The third-order valence-electron chi connectivity index (χ3n) is 2.82. The quantitative estimate of drug-likeness (QED) is 0.534. The molecule has 0 saturated heterocycles. The average Bonchev–Trinajstić information content (AvgIpc) is 2.29. The van der Waals surface area contributed by atoms with Crippen molar-refractivity contribution in [3.63, 3.8) is 0 Å². The lowest BCUT2D eigenvalue weighted by Gasteiger charge is -2.24. The van der Waals surface area contributed by atoms with E-state index in [1.807, 2.05) is 7.11 Å². The molecule has 6 heteroatoms. The number of rotatable bonds is 8. The highest BCUT2D eigenvalue weighted by Gasteiger charge is 2.23. The maximum atomic E-state index is 5.50. The van der Waals surface area contributed by atoms with Crippen molar-refractivity contribution in [2.24, 2.45) is 11.7 Å². The molecular formula is C13H36N2O2Si2. The zero-order valence-electron chi connectivity index (χ0n) is 14.3. The highest BCUT2D eigenvalue weighted by Crippen LogP contribution is 2.16. The summed E-state index contributed by atoms with van der Waals surface area (Å²) in [5.41, 5.74) is 5.39. The number of nitrogens with two attached hydrogens (primary N) is 1. The van der Waals surface area contributed by atoms with Crippen LogP contribution in [0.5, 0.6) is 0 Å². The second kappa shape index (κ2) is 11.0. The zero-order chi connectivity index (χ0) is 15.5. The molecule has 0 aromatic carbocycles. The van der Waals surface area contributed by atoms with Crippen LogP contribution in [0.25, 0.3) is 0 Å². The van der Waals surface area contributed by atoms with Gasteiger partial charge < -0.3 is 19.9 Å². The van der Waals surface area contributed by atoms with Crippen LogP contribution >= 0.6 is 0 Å². The Kier molecular flexibility index (Phi) is 12.5. The fraction of sp³-hybridized carbons (Fsp3) is 1.00. The summed E-state index contributed by atoms with van der Waals surface area (Å²) in [5, 5.41) is 3.32. The lowest BCUT2D eigenvalue weighted by atomic mass is 10.2. The van der Waals surface area contributed by atoms with Crippen LogP contribution in [-0.4, -0.2) is 50.5 Å². The molecule has 0 radical (unpaired) electrons. The van der Waals surface area contributed by atoms with Gasteiger partial charge in [0.1, 0.15) is 0 Å². The molecule has 1 atom stereocenters. The number of hydrogen-bond acceptors (Lipinski definition) is 4. The molecule has 0 heterocycles. The first-order valence-electron chi connectivity index (χ1n) is 7.09. The first-order chi connectivity index (χ1) is 8.58. The minimum absolute atomic E-state index is 0.688. The summed E-state index contributed by atoms with van der Waals surface area (Å²) in [6, 6.07) is 1.21. The van der Waals surface area contributed by atoms with Gasteiger partial charge in [0.05, 0.1) is 0 Å². The van der Waals surface area contributed by atoms with Gasteiger partial charge in [-0.3, -0.25) is 0 Å². The lowest BCUT2D eigenvalue weighted by Crippen LogP contribution is -2.35. The van der Waals surface area contributed by atoms with Crippen LogP contribution < -0.4 is 11.1 Å². The van der Waals surface area contributed by atoms with Crippen molar-refractivity contribution in [2.45, 2.75) is 45.7 Å². The van der Waals surface area contributed by atoms with Crippen molar-refractivity contribution in [3.05, 3.63) is 0 Å². The Morgan fingerprint density at radius 3 is 1.84 bits per heavy atom. The summed E-state index contributed by atoms with van der Waals surface area (Å²) in [5.74, 6) is 0.688. The molecule has 3 N–H and O–H groups in total. The van der Waals surface area contributed by atoms with Gasteiger partial charge in [0.25, 0.3) is 0 Å². The third kappa shape index (κ3) is 18.3. The second-order valence-electron chi connectivity index (χ2n) is 6.58. The Morgan fingerprint density at radius 2 is 1.53 bits per heavy atom. The summed E-state index contributed by atoms with van der Waals surface area (Å²) in [6.45, 7) is 15.9. The predicted octanol–water partition coefficient (Wildman–Crippen LogP) is 2.49. The third-order valence-corrected chi connectivity index (χ3v) is 6.83. The summed E-state index contributed by atoms with van der Waals surface area (Å²) in [7, 11) is 1.09. The normalized spacial score (nSPS) is 13.7. The minimum Gasteiger partial charge on any atom is -0.421 e. The molecule has 0 saturated carbocycles. The van der Waals surface area contributed by atoms with Crippen LogP contribution in [0.4, 0.5) is 0 Å². The molecule has 0 rings (SSSR count). The van der Waals surface area contributed by atoms with E-state index in [-0.39, 0.29) is 0 Å². The standard InChI is InChI=1S/C9H24N2OSi.C4H12OSi/c1-9(7-11-6-5-10)8-13(3,4)12-2;1-5-6(2,3)4/h9,11H,5-8,10H2,1-4H3;1-4H3. The van der Waals surface area contributed by atoms with Gasteiger partial charge in [-0.1, -0.05) is 6.92 Å². The van der Waals surface area contributed by atoms with E-state index >= 15 is 0 Å². The SMILES string of the molecule is CO[Si](C)(C)C.CO[Si](C)(C)CC(C)CNCCN. The average molecular weight is 309 g/mol. The van der Waals surface area contributed by atoms with Crippen molar-refractivity contribution < 1.29 is 8.85 Å². The molecule has 0 aliphatic heterocycles. The minimum atomic E-state index is -1.37. The van der Waals surface area contributed by atoms with Gasteiger partial charge in [0.15, 0.2) is 16.6 Å². The molecule has 0 spiro atoms. The van der Waals surface area contributed by atoms with Crippen LogP contribution in [0.1, 0.15) is 6.92 Å². The molecule has 19 heavy (non-hydrogen) atoms. The molecule has 0 aromatic heterocycles. The molecule has 0 fully saturated rings. The van der Waals surface area contributed by atoms with Crippen LogP contribution in [0, 0.1) is 5.92 Å². The van der Waals surface area contributed by atoms with E-state index in [1.165, 1.54) is 6.04 Å². The Morgan fingerprint density at radius 1 is 1.05 bits per heavy atom. The van der Waals surface area contributed by atoms with Crippen molar-refractivity contribution in [1.82, 2.24) is 5.32 Å². The summed E-state index contributed by atoms with van der Waals surface area (Å²) >= 11 is 0. The molecule has 0 aliphatic carbocycles. The molecule has 118 valence electrons. The number of hydrogen-bond donors (Lipinski definition) is 2. The van der Waals surface area contributed by atoms with Gasteiger partial charge in [-0.15, -0.1) is 0 Å². The predicted molar refractivity (Wildman–Crippen MR) is 90.7 cm³/mol. The molecule has 0 bridgehead atoms. The van der Waals surface area contributed by atoms with Gasteiger partial charge in [-0.05, 0) is 51.2 Å². The first-order valence-corrected chi connectivity index (χ1v) is 13.6. The Hall–Kier alpha value is 0.274. The van der Waals surface area contributed by atoms with E-state index in [2.05, 4.69) is 45.0 Å². The highest BCUT2D eigenvalue weighted by atomic mass is 28.4. The van der Waals surface area contributed by atoms with Crippen molar-refractivity contribution >= 4 is 16.6 Å².